The second kappa shape index (κ2) is 6.70. The Morgan fingerprint density at radius 3 is 2.52 bits per heavy atom. The molecule has 5 nitrogen and oxygen atoms in total. The van der Waals surface area contributed by atoms with E-state index in [4.69, 9.17) is 0 Å². The van der Waals surface area contributed by atoms with E-state index in [1.54, 1.807) is 4.90 Å². The molecule has 2 aliphatic heterocycles. The normalized spacial score (nSPS) is 22.1. The number of piperidine rings is 2. The van der Waals surface area contributed by atoms with Gasteiger partial charge in [-0.1, -0.05) is 12.1 Å². The summed E-state index contributed by atoms with van der Waals surface area (Å²) >= 11 is 0.839. The molecule has 3 heterocycles. The molecule has 0 atom stereocenters. The number of H-pyrrole nitrogens is 1. The molecule has 1 saturated carbocycles. The van der Waals surface area contributed by atoms with Gasteiger partial charge in [0, 0.05) is 12.6 Å². The minimum absolute atomic E-state index is 0.107. The number of aromatic nitrogens is 1. The maximum Gasteiger partial charge on any atom is 0.418 e. The van der Waals surface area contributed by atoms with Gasteiger partial charge in [-0.05, 0) is 55.3 Å². The molecule has 2 aromatic rings. The zero-order chi connectivity index (χ0) is 19.2. The van der Waals surface area contributed by atoms with Gasteiger partial charge in [0.2, 0.25) is 0 Å². The van der Waals surface area contributed by atoms with Crippen LogP contribution in [0.4, 0.5) is 23.9 Å². The third kappa shape index (κ3) is 3.36. The van der Waals surface area contributed by atoms with E-state index in [1.807, 2.05) is 0 Å². The topological polar surface area (TPSA) is 65.2 Å². The van der Waals surface area contributed by atoms with Crippen LogP contribution in [0.15, 0.2) is 29.1 Å². The van der Waals surface area contributed by atoms with Crippen LogP contribution in [-0.4, -0.2) is 27.8 Å². The first-order valence-corrected chi connectivity index (χ1v) is 9.62. The van der Waals surface area contributed by atoms with Crippen molar-refractivity contribution >= 4 is 28.1 Å². The lowest BCUT2D eigenvalue weighted by atomic mass is 9.80. The second-order valence-electron chi connectivity index (χ2n) is 7.04. The van der Waals surface area contributed by atoms with E-state index in [2.05, 4.69) is 9.69 Å². The molecule has 3 aliphatic rings. The van der Waals surface area contributed by atoms with E-state index in [0.717, 1.165) is 43.3 Å². The molecule has 27 heavy (non-hydrogen) atoms. The number of fused-ring (bicyclic) bond motifs is 3. The molecule has 3 fully saturated rings. The summed E-state index contributed by atoms with van der Waals surface area (Å²) in [4.78, 5) is 27.0. The maximum absolute atomic E-state index is 13.2. The number of aromatic amines is 1. The van der Waals surface area contributed by atoms with Gasteiger partial charge in [0.1, 0.15) is 10.6 Å². The highest BCUT2D eigenvalue weighted by Crippen LogP contribution is 2.38. The number of carbonyl (C=O) groups is 1. The van der Waals surface area contributed by atoms with Gasteiger partial charge in [0.05, 0.1) is 11.3 Å². The number of para-hydroxylation sites is 1. The number of hydrogen-bond donors (Lipinski definition) is 2. The third-order valence-electron chi connectivity index (χ3n) is 5.37. The molecule has 2 N–H and O–H groups in total. The first-order valence-electron chi connectivity index (χ1n) is 8.80. The standard InChI is InChI=1S/C18H18F3N3O2S/c19-18(20,21)12-3-1-2-4-13(12)22-16-14(15(25)23-27-16)17(26)24-9-10-5-7-11(24)8-6-10/h1-4,10-11,22H,5-9H2,(H,23,25). The molecule has 1 aromatic carbocycles. The van der Waals surface area contributed by atoms with Crippen molar-refractivity contribution in [3.05, 3.63) is 45.7 Å². The molecule has 0 radical (unpaired) electrons. The summed E-state index contributed by atoms with van der Waals surface area (Å²) in [6, 6.07) is 5.12. The fourth-order valence-corrected chi connectivity index (χ4v) is 4.75. The highest BCUT2D eigenvalue weighted by Gasteiger charge is 2.39. The van der Waals surface area contributed by atoms with Crippen molar-refractivity contribution in [1.82, 2.24) is 9.27 Å². The molecule has 0 unspecified atom stereocenters. The fourth-order valence-electron chi connectivity index (χ4n) is 4.01. The van der Waals surface area contributed by atoms with Gasteiger partial charge in [-0.2, -0.15) is 13.2 Å². The van der Waals surface area contributed by atoms with E-state index in [-0.39, 0.29) is 22.3 Å². The van der Waals surface area contributed by atoms with E-state index in [1.165, 1.54) is 18.2 Å². The number of nitrogens with zero attached hydrogens (tertiary/aromatic N) is 1. The Labute approximate surface area is 157 Å². The average molecular weight is 397 g/mol. The van der Waals surface area contributed by atoms with Crippen LogP contribution < -0.4 is 10.9 Å². The lowest BCUT2D eigenvalue weighted by Gasteiger charge is -2.45. The van der Waals surface area contributed by atoms with Gasteiger partial charge in [-0.25, -0.2) is 0 Å². The van der Waals surface area contributed by atoms with Crippen LogP contribution in [0.2, 0.25) is 0 Å². The summed E-state index contributed by atoms with van der Waals surface area (Å²) < 4.78 is 42.2. The number of rotatable bonds is 3. The number of alkyl halides is 3. The highest BCUT2D eigenvalue weighted by atomic mass is 32.1. The molecule has 1 aliphatic carbocycles. The molecule has 1 aromatic heterocycles. The zero-order valence-corrected chi connectivity index (χ0v) is 15.1. The van der Waals surface area contributed by atoms with Gasteiger partial charge in [-0.3, -0.25) is 14.0 Å². The van der Waals surface area contributed by atoms with Crippen molar-refractivity contribution < 1.29 is 18.0 Å². The Morgan fingerprint density at radius 1 is 1.19 bits per heavy atom. The van der Waals surface area contributed by atoms with Gasteiger partial charge in [-0.15, -0.1) is 0 Å². The predicted octanol–water partition coefficient (Wildman–Crippen LogP) is 4.21. The number of benzene rings is 1. The van der Waals surface area contributed by atoms with E-state index >= 15 is 0 Å². The molecule has 1 amide bonds. The Bertz CT molecular complexity index is 913. The molecular formula is C18H18F3N3O2S. The second-order valence-corrected chi connectivity index (χ2v) is 7.85. The molecule has 2 bridgehead atoms. The molecular weight excluding hydrogens is 379 g/mol. The molecule has 9 heteroatoms. The van der Waals surface area contributed by atoms with Crippen LogP contribution in [0.3, 0.4) is 0 Å². The van der Waals surface area contributed by atoms with Crippen molar-refractivity contribution in [3.63, 3.8) is 0 Å². The number of anilines is 2. The summed E-state index contributed by atoms with van der Waals surface area (Å²) in [5.74, 6) is 0.0397. The Hall–Kier alpha value is -2.29. The predicted molar refractivity (Wildman–Crippen MR) is 96.4 cm³/mol. The van der Waals surface area contributed by atoms with Crippen LogP contribution in [0, 0.1) is 5.92 Å². The van der Waals surface area contributed by atoms with Gasteiger partial charge >= 0.3 is 6.18 Å². The Morgan fingerprint density at radius 2 is 1.89 bits per heavy atom. The monoisotopic (exact) mass is 397 g/mol. The Balaban J connectivity index is 1.66. The smallest absolute Gasteiger partial charge is 0.345 e. The highest BCUT2D eigenvalue weighted by molar-refractivity contribution is 7.10. The van der Waals surface area contributed by atoms with Gasteiger partial charge in [0.15, 0.2) is 0 Å². The summed E-state index contributed by atoms with van der Waals surface area (Å²) in [5, 5.41) is 2.77. The third-order valence-corrected chi connectivity index (χ3v) is 6.17. The molecule has 144 valence electrons. The van der Waals surface area contributed by atoms with Crippen molar-refractivity contribution in [1.29, 1.82) is 0 Å². The zero-order valence-electron chi connectivity index (χ0n) is 14.3. The molecule has 0 spiro atoms. The van der Waals surface area contributed by atoms with Crippen molar-refractivity contribution in [2.75, 3.05) is 11.9 Å². The first-order chi connectivity index (χ1) is 12.8. The Kier molecular flexibility index (Phi) is 4.49. The SMILES string of the molecule is O=C(c1c(Nc2ccccc2C(F)(F)F)s[nH]c1=O)N1CC2CCC1CC2. The van der Waals surface area contributed by atoms with Crippen molar-refractivity contribution in [2.45, 2.75) is 37.9 Å². The number of hydrogen-bond acceptors (Lipinski definition) is 4. The molecule has 5 rings (SSSR count). The number of carbonyl (C=O) groups excluding carboxylic acids is 1. The molecule has 2 saturated heterocycles. The van der Waals surface area contributed by atoms with Crippen LogP contribution >= 0.6 is 11.5 Å². The summed E-state index contributed by atoms with van der Waals surface area (Å²) in [6.07, 6.45) is -0.547. The van der Waals surface area contributed by atoms with Crippen LogP contribution in [0.25, 0.3) is 0 Å². The lowest BCUT2D eigenvalue weighted by molar-refractivity contribution is -0.136. The number of halogens is 3. The summed E-state index contributed by atoms with van der Waals surface area (Å²) in [5.41, 5.74) is -1.71. The fraction of sp³-hybridized carbons (Fsp3) is 0.444. The lowest BCUT2D eigenvalue weighted by Crippen LogP contribution is -2.51. The summed E-state index contributed by atoms with van der Waals surface area (Å²) in [6.45, 7) is 0.608. The number of amides is 1. The van der Waals surface area contributed by atoms with Gasteiger partial charge < -0.3 is 10.2 Å². The van der Waals surface area contributed by atoms with E-state index in [0.29, 0.717) is 12.5 Å². The number of nitrogens with one attached hydrogen (secondary N) is 2. The summed E-state index contributed by atoms with van der Waals surface area (Å²) in [7, 11) is 0. The van der Waals surface area contributed by atoms with Gasteiger partial charge in [0.25, 0.3) is 11.5 Å². The maximum atomic E-state index is 13.2. The van der Waals surface area contributed by atoms with Crippen LogP contribution in [-0.2, 0) is 6.18 Å². The minimum Gasteiger partial charge on any atom is -0.345 e. The van der Waals surface area contributed by atoms with Crippen LogP contribution in [0.5, 0.6) is 0 Å². The van der Waals surface area contributed by atoms with Crippen molar-refractivity contribution in [2.24, 2.45) is 5.92 Å². The largest absolute Gasteiger partial charge is 0.418 e. The van der Waals surface area contributed by atoms with E-state index < -0.39 is 23.2 Å². The van der Waals surface area contributed by atoms with Crippen molar-refractivity contribution in [3.8, 4) is 0 Å². The average Bonchev–Trinajstić information content (AvgIpc) is 3.02. The minimum atomic E-state index is -4.54. The van der Waals surface area contributed by atoms with Crippen LogP contribution in [0.1, 0.15) is 41.6 Å². The quantitative estimate of drug-likeness (QED) is 0.815. The van der Waals surface area contributed by atoms with E-state index in [9.17, 15) is 22.8 Å². The first kappa shape index (κ1) is 18.1.